The van der Waals surface area contributed by atoms with Crippen LogP contribution in [-0.2, 0) is 18.3 Å². The average Bonchev–Trinajstić information content (AvgIpc) is 2.39. The number of hydrogen-bond donors (Lipinski definition) is 0. The molecule has 1 aliphatic carbocycles. The molecule has 1 saturated heterocycles. The zero-order valence-corrected chi connectivity index (χ0v) is 12.1. The molecule has 0 bridgehead atoms. The summed E-state index contributed by atoms with van der Waals surface area (Å²) in [5.41, 5.74) is 0.199. The molecule has 1 heterocycles. The van der Waals surface area contributed by atoms with Crippen molar-refractivity contribution >= 4 is 24.0 Å². The van der Waals surface area contributed by atoms with Crippen molar-refractivity contribution < 1.29 is 18.3 Å². The third-order valence-electron chi connectivity index (χ3n) is 3.83. The van der Waals surface area contributed by atoms with Crippen LogP contribution in [0.25, 0.3) is 0 Å². The van der Waals surface area contributed by atoms with Gasteiger partial charge < -0.3 is 0 Å². The first-order chi connectivity index (χ1) is 7.11. The average molecular weight is 336 g/mol. The van der Waals surface area contributed by atoms with Crippen molar-refractivity contribution in [3.63, 3.8) is 0 Å². The summed E-state index contributed by atoms with van der Waals surface area (Å²) < 4.78 is 7.96. The van der Waals surface area contributed by atoms with Gasteiger partial charge in [0.15, 0.2) is 0 Å². The van der Waals surface area contributed by atoms with E-state index in [1.165, 1.54) is 6.42 Å². The van der Waals surface area contributed by atoms with Gasteiger partial charge >= 0.3 is 105 Å². The van der Waals surface area contributed by atoms with Crippen LogP contribution in [0.2, 0.25) is 0 Å². The molecule has 0 spiro atoms. The Morgan fingerprint density at radius 1 is 1.47 bits per heavy atom. The van der Waals surface area contributed by atoms with Crippen molar-refractivity contribution in [3.8, 4) is 0 Å². The molecule has 88 valence electrons. The molecule has 4 atom stereocenters. The molecule has 0 radical (unpaired) electrons. The normalized spacial score (nSPS) is 45.1. The van der Waals surface area contributed by atoms with Crippen molar-refractivity contribution in [3.05, 3.63) is 12.2 Å². The van der Waals surface area contributed by atoms with Crippen LogP contribution in [0.3, 0.4) is 0 Å². The molecule has 1 nitrogen and oxygen atoms in total. The van der Waals surface area contributed by atoms with Crippen LogP contribution < -0.4 is 0 Å². The first kappa shape index (κ1) is 12.2. The number of hydrogen-bond acceptors (Lipinski definition) is 1. The maximum absolute atomic E-state index is 5.97. The summed E-state index contributed by atoms with van der Waals surface area (Å²) in [5.74, 6) is 1.21. The van der Waals surface area contributed by atoms with E-state index in [9.17, 15) is 0 Å². The Bertz CT molecular complexity index is 304. The molecule has 2 aliphatic rings. The minimum atomic E-state index is -1.65. The quantitative estimate of drug-likeness (QED) is 0.555. The van der Waals surface area contributed by atoms with Gasteiger partial charge in [-0.05, 0) is 0 Å². The summed E-state index contributed by atoms with van der Waals surface area (Å²) in [7, 11) is 11.9. The van der Waals surface area contributed by atoms with Gasteiger partial charge in [0.1, 0.15) is 0 Å². The van der Waals surface area contributed by atoms with Crippen LogP contribution in [0.1, 0.15) is 20.3 Å². The number of allylic oxidation sites excluding steroid dienone is 1. The number of rotatable bonds is 2. The Balaban J connectivity index is 2.27. The van der Waals surface area contributed by atoms with Crippen LogP contribution in [0.5, 0.6) is 0 Å². The first-order valence-corrected chi connectivity index (χ1v) is 10.7. The van der Waals surface area contributed by atoms with Crippen LogP contribution in [-0.4, -0.2) is 17.3 Å². The van der Waals surface area contributed by atoms with E-state index in [0.29, 0.717) is 17.9 Å². The molecule has 15 heavy (non-hydrogen) atoms. The standard InChI is InChI=1S/C11H16O.2ClH.Ru/c1-4-5-11-8(2)6-10(11)7-12-9(11)3;;;/h2,4-5,8-10H,6-7H2,1,3H3;2*1H;/q;;;+2/p-2/b5-4+;;;/t8?,9-,10-,11+;;;/m0.../s1. The summed E-state index contributed by atoms with van der Waals surface area (Å²) in [6.45, 7) is 5.13. The second-order valence-corrected chi connectivity index (χ2v) is 10.1. The molecule has 0 aromatic rings. The van der Waals surface area contributed by atoms with Gasteiger partial charge in [0.25, 0.3) is 0 Å². The molecule has 2 fully saturated rings. The van der Waals surface area contributed by atoms with E-state index in [2.05, 4.69) is 30.6 Å². The summed E-state index contributed by atoms with van der Waals surface area (Å²) in [4.78, 5) is 0. The molecule has 1 unspecified atom stereocenters. The fourth-order valence-electron chi connectivity index (χ4n) is 3.05. The van der Waals surface area contributed by atoms with E-state index in [0.717, 1.165) is 6.61 Å². The molecule has 0 aromatic heterocycles. The summed E-state index contributed by atoms with van der Waals surface area (Å²) in [5, 5.41) is 0. The maximum atomic E-state index is 5.97. The second-order valence-electron chi connectivity index (χ2n) is 4.34. The van der Waals surface area contributed by atoms with Crippen molar-refractivity contribution in [1.82, 2.24) is 0 Å². The Kier molecular flexibility index (Phi) is 3.73. The Morgan fingerprint density at radius 3 is 2.73 bits per heavy atom. The molecule has 0 amide bonds. The fraction of sp³-hybridized carbons (Fsp3) is 0.727. The van der Waals surface area contributed by atoms with Gasteiger partial charge in [-0.25, -0.2) is 0 Å². The van der Waals surface area contributed by atoms with E-state index in [4.69, 9.17) is 24.1 Å². The number of ether oxygens (including phenoxy) is 1. The summed E-state index contributed by atoms with van der Waals surface area (Å²) in [6, 6.07) is 0. The minimum absolute atomic E-state index is 0.199. The molecule has 1 aliphatic heterocycles. The SMILES string of the molecule is C/C=C/[C@]12C([CH]=[Ru]([Cl])[Cl])C[C@H]1CO[C@H]2C. The number of halogens is 2. The molecule has 1 saturated carbocycles. The third-order valence-corrected chi connectivity index (χ3v) is 6.02. The monoisotopic (exact) mass is 336 g/mol. The zero-order chi connectivity index (χ0) is 11.1. The number of fused-ring (bicyclic) bond motifs is 1. The van der Waals surface area contributed by atoms with Gasteiger partial charge in [0.2, 0.25) is 0 Å². The molecular formula is C11H16Cl2ORu. The van der Waals surface area contributed by atoms with Gasteiger partial charge in [0, 0.05) is 0 Å². The summed E-state index contributed by atoms with van der Waals surface area (Å²) in [6.07, 6.45) is 5.94. The zero-order valence-electron chi connectivity index (χ0n) is 8.90. The molecule has 0 N–H and O–H groups in total. The molecule has 4 heteroatoms. The van der Waals surface area contributed by atoms with Gasteiger partial charge in [-0.3, -0.25) is 0 Å². The Labute approximate surface area is 104 Å². The van der Waals surface area contributed by atoms with Gasteiger partial charge in [0.05, 0.1) is 0 Å². The first-order valence-electron chi connectivity index (χ1n) is 5.20. The van der Waals surface area contributed by atoms with E-state index in [1.807, 2.05) is 0 Å². The van der Waals surface area contributed by atoms with Crippen LogP contribution in [0.4, 0.5) is 0 Å². The molecular weight excluding hydrogens is 320 g/mol. The van der Waals surface area contributed by atoms with E-state index in [1.54, 1.807) is 0 Å². The predicted octanol–water partition coefficient (Wildman–Crippen LogP) is 3.33. The van der Waals surface area contributed by atoms with Crippen molar-refractivity contribution in [2.45, 2.75) is 26.4 Å². The molecule has 0 aromatic carbocycles. The Morgan fingerprint density at radius 2 is 2.20 bits per heavy atom. The van der Waals surface area contributed by atoms with Crippen molar-refractivity contribution in [2.24, 2.45) is 17.3 Å². The second kappa shape index (κ2) is 4.57. The van der Waals surface area contributed by atoms with Gasteiger partial charge in [-0.1, -0.05) is 0 Å². The molecule has 2 rings (SSSR count). The third kappa shape index (κ3) is 1.88. The van der Waals surface area contributed by atoms with Crippen molar-refractivity contribution in [2.75, 3.05) is 6.61 Å². The van der Waals surface area contributed by atoms with Crippen molar-refractivity contribution in [1.29, 1.82) is 0 Å². The van der Waals surface area contributed by atoms with Crippen LogP contribution in [0.15, 0.2) is 12.2 Å². The fourth-order valence-corrected chi connectivity index (χ4v) is 5.59. The predicted molar refractivity (Wildman–Crippen MR) is 62.0 cm³/mol. The Hall–Kier alpha value is 0.773. The summed E-state index contributed by atoms with van der Waals surface area (Å²) >= 11 is -1.65. The van der Waals surface area contributed by atoms with Crippen LogP contribution in [0, 0.1) is 17.3 Å². The van der Waals surface area contributed by atoms with Crippen LogP contribution >= 0.6 is 19.4 Å². The van der Waals surface area contributed by atoms with E-state index >= 15 is 0 Å². The topological polar surface area (TPSA) is 9.23 Å². The van der Waals surface area contributed by atoms with E-state index in [-0.39, 0.29) is 5.41 Å². The van der Waals surface area contributed by atoms with Gasteiger partial charge in [-0.2, -0.15) is 0 Å². The van der Waals surface area contributed by atoms with Gasteiger partial charge in [-0.15, -0.1) is 0 Å². The van der Waals surface area contributed by atoms with E-state index < -0.39 is 13.5 Å².